The zero-order valence-corrected chi connectivity index (χ0v) is 10.1. The molecule has 1 aliphatic heterocycles. The van der Waals surface area contributed by atoms with Crippen LogP contribution in [0.4, 0.5) is 4.79 Å². The maximum atomic E-state index is 11.6. The van der Waals surface area contributed by atoms with Crippen molar-refractivity contribution < 1.29 is 14.3 Å². The first-order chi connectivity index (χ1) is 7.40. The van der Waals surface area contributed by atoms with Crippen molar-refractivity contribution in [3.05, 3.63) is 0 Å². The van der Waals surface area contributed by atoms with Gasteiger partial charge < -0.3 is 14.4 Å². The quantitative estimate of drug-likeness (QED) is 0.672. The highest BCUT2D eigenvalue weighted by atomic mass is 16.6. The van der Waals surface area contributed by atoms with E-state index in [4.69, 9.17) is 4.74 Å². The Kier molecular flexibility index (Phi) is 2.68. The molecule has 4 nitrogen and oxygen atoms in total. The Balaban J connectivity index is 1.72. The van der Waals surface area contributed by atoms with E-state index >= 15 is 0 Å². The number of hydrogen-bond acceptors (Lipinski definition) is 3. The van der Waals surface area contributed by atoms with Gasteiger partial charge in [0.1, 0.15) is 11.9 Å². The predicted octanol–water partition coefficient (Wildman–Crippen LogP) is 1.69. The fourth-order valence-electron chi connectivity index (χ4n) is 2.19. The van der Waals surface area contributed by atoms with Crippen LogP contribution in [0.25, 0.3) is 0 Å². The van der Waals surface area contributed by atoms with Crippen molar-refractivity contribution >= 4 is 12.4 Å². The largest absolute Gasteiger partial charge is 0.444 e. The number of carbonyl (C=O) groups excluding carboxylic acids is 2. The summed E-state index contributed by atoms with van der Waals surface area (Å²) < 4.78 is 5.26. The van der Waals surface area contributed by atoms with Gasteiger partial charge in [0.2, 0.25) is 0 Å². The smallest absolute Gasteiger partial charge is 0.410 e. The second kappa shape index (κ2) is 3.75. The molecule has 1 heterocycles. The van der Waals surface area contributed by atoms with Gasteiger partial charge in [0.05, 0.1) is 0 Å². The molecule has 0 spiro atoms. The number of hydrogen-bond donors (Lipinski definition) is 0. The van der Waals surface area contributed by atoms with Gasteiger partial charge in [-0.1, -0.05) is 0 Å². The summed E-state index contributed by atoms with van der Waals surface area (Å²) in [5.74, 6) is 1.30. The van der Waals surface area contributed by atoms with Crippen molar-refractivity contribution in [2.45, 2.75) is 32.8 Å². The van der Waals surface area contributed by atoms with Crippen molar-refractivity contribution in [2.75, 3.05) is 13.1 Å². The van der Waals surface area contributed by atoms with Gasteiger partial charge in [-0.05, 0) is 39.0 Å². The number of rotatable bonds is 2. The second-order valence-corrected chi connectivity index (χ2v) is 5.84. The van der Waals surface area contributed by atoms with E-state index < -0.39 is 5.60 Å². The molecule has 1 saturated carbocycles. The van der Waals surface area contributed by atoms with Crippen molar-refractivity contribution in [3.63, 3.8) is 0 Å². The van der Waals surface area contributed by atoms with Gasteiger partial charge in [0.15, 0.2) is 0 Å². The highest BCUT2D eigenvalue weighted by Crippen LogP contribution is 2.46. The lowest BCUT2D eigenvalue weighted by atomic mass is 9.94. The van der Waals surface area contributed by atoms with Crippen LogP contribution in [0.2, 0.25) is 0 Å². The first kappa shape index (κ1) is 11.4. The van der Waals surface area contributed by atoms with Crippen LogP contribution in [0.5, 0.6) is 0 Å². The number of nitrogens with zero attached hydrogens (tertiary/aromatic N) is 1. The summed E-state index contributed by atoms with van der Waals surface area (Å²) in [5.41, 5.74) is -0.424. The Labute approximate surface area is 95.9 Å². The molecule has 1 amide bonds. The normalized spacial score (nSPS) is 29.6. The summed E-state index contributed by atoms with van der Waals surface area (Å²) in [5, 5.41) is 0. The van der Waals surface area contributed by atoms with E-state index in [9.17, 15) is 9.59 Å². The molecule has 0 aromatic heterocycles. The summed E-state index contributed by atoms with van der Waals surface area (Å²) in [7, 11) is 0. The minimum atomic E-state index is -0.424. The Morgan fingerprint density at radius 1 is 1.38 bits per heavy atom. The van der Waals surface area contributed by atoms with Crippen LogP contribution in [0, 0.1) is 17.8 Å². The summed E-state index contributed by atoms with van der Waals surface area (Å²) >= 11 is 0. The Hall–Kier alpha value is -1.06. The standard InChI is InChI=1S/C12H19NO3/c1-12(2,3)16-11(15)13-5-9(6-13)10-4-8(10)7-14/h7-10H,4-6H2,1-3H3/t8-,10-/m1/s1. The number of amides is 1. The molecule has 4 heteroatoms. The van der Waals surface area contributed by atoms with Gasteiger partial charge in [-0.15, -0.1) is 0 Å². The molecule has 0 unspecified atom stereocenters. The van der Waals surface area contributed by atoms with Crippen LogP contribution < -0.4 is 0 Å². The maximum Gasteiger partial charge on any atom is 0.410 e. The van der Waals surface area contributed by atoms with E-state index in [1.54, 1.807) is 4.90 Å². The lowest BCUT2D eigenvalue weighted by Gasteiger charge is -2.40. The first-order valence-corrected chi connectivity index (χ1v) is 5.84. The number of likely N-dealkylation sites (tertiary alicyclic amines) is 1. The third-order valence-corrected chi connectivity index (χ3v) is 3.23. The Morgan fingerprint density at radius 2 is 2.00 bits per heavy atom. The molecule has 0 aromatic carbocycles. The van der Waals surface area contributed by atoms with Gasteiger partial charge in [-0.3, -0.25) is 0 Å². The van der Waals surface area contributed by atoms with Crippen LogP contribution >= 0.6 is 0 Å². The number of carbonyl (C=O) groups is 2. The van der Waals surface area contributed by atoms with Crippen molar-refractivity contribution in [1.82, 2.24) is 4.90 Å². The molecular weight excluding hydrogens is 206 g/mol. The highest BCUT2D eigenvalue weighted by Gasteiger charge is 2.48. The van der Waals surface area contributed by atoms with Crippen LogP contribution in [0.3, 0.4) is 0 Å². The summed E-state index contributed by atoms with van der Waals surface area (Å²) in [6.07, 6.45) is 1.82. The molecule has 2 rings (SSSR count). The summed E-state index contributed by atoms with van der Waals surface area (Å²) in [6.45, 7) is 7.11. The maximum absolute atomic E-state index is 11.6. The van der Waals surface area contributed by atoms with Gasteiger partial charge in [-0.25, -0.2) is 4.79 Å². The van der Waals surface area contributed by atoms with E-state index in [1.165, 1.54) is 0 Å². The lowest BCUT2D eigenvalue weighted by Crippen LogP contribution is -2.52. The average Bonchev–Trinajstić information content (AvgIpc) is 2.77. The average molecular weight is 225 g/mol. The molecule has 0 aromatic rings. The molecule has 1 aliphatic carbocycles. The minimum Gasteiger partial charge on any atom is -0.444 e. The molecule has 1 saturated heterocycles. The molecule has 2 atom stereocenters. The predicted molar refractivity (Wildman–Crippen MR) is 59.0 cm³/mol. The third-order valence-electron chi connectivity index (χ3n) is 3.23. The van der Waals surface area contributed by atoms with Gasteiger partial charge in [0.25, 0.3) is 0 Å². The van der Waals surface area contributed by atoms with E-state index in [0.29, 0.717) is 11.8 Å². The summed E-state index contributed by atoms with van der Waals surface area (Å²) in [6, 6.07) is 0. The molecule has 0 radical (unpaired) electrons. The molecule has 0 N–H and O–H groups in total. The molecular formula is C12H19NO3. The van der Waals surface area contributed by atoms with E-state index in [1.807, 2.05) is 20.8 Å². The molecule has 2 aliphatic rings. The van der Waals surface area contributed by atoms with Crippen LogP contribution in [0.15, 0.2) is 0 Å². The van der Waals surface area contributed by atoms with Gasteiger partial charge >= 0.3 is 6.09 Å². The molecule has 0 bridgehead atoms. The number of aldehydes is 1. The minimum absolute atomic E-state index is 0.230. The SMILES string of the molecule is CC(C)(C)OC(=O)N1CC([C@@H]2C[C@@H]2C=O)C1. The summed E-state index contributed by atoms with van der Waals surface area (Å²) in [4.78, 5) is 23.9. The van der Waals surface area contributed by atoms with Crippen LogP contribution in [0.1, 0.15) is 27.2 Å². The topological polar surface area (TPSA) is 46.6 Å². The molecule has 2 fully saturated rings. The monoisotopic (exact) mass is 225 g/mol. The van der Waals surface area contributed by atoms with E-state index in [-0.39, 0.29) is 12.0 Å². The van der Waals surface area contributed by atoms with E-state index in [0.717, 1.165) is 25.8 Å². The van der Waals surface area contributed by atoms with Crippen molar-refractivity contribution in [3.8, 4) is 0 Å². The first-order valence-electron chi connectivity index (χ1n) is 5.84. The zero-order valence-electron chi connectivity index (χ0n) is 10.1. The Morgan fingerprint density at radius 3 is 2.44 bits per heavy atom. The van der Waals surface area contributed by atoms with Crippen LogP contribution in [-0.2, 0) is 9.53 Å². The second-order valence-electron chi connectivity index (χ2n) is 5.84. The van der Waals surface area contributed by atoms with Crippen LogP contribution in [-0.4, -0.2) is 36.0 Å². The van der Waals surface area contributed by atoms with Gasteiger partial charge in [-0.2, -0.15) is 0 Å². The van der Waals surface area contributed by atoms with Crippen molar-refractivity contribution in [2.24, 2.45) is 17.8 Å². The zero-order chi connectivity index (χ0) is 11.9. The molecule has 90 valence electrons. The fourth-order valence-corrected chi connectivity index (χ4v) is 2.19. The molecule has 16 heavy (non-hydrogen) atoms. The Bertz CT molecular complexity index is 302. The lowest BCUT2D eigenvalue weighted by molar-refractivity contribution is -0.109. The fraction of sp³-hybridized carbons (Fsp3) is 0.833. The highest BCUT2D eigenvalue weighted by molar-refractivity contribution is 5.69. The van der Waals surface area contributed by atoms with Gasteiger partial charge in [0, 0.05) is 19.0 Å². The van der Waals surface area contributed by atoms with Crippen molar-refractivity contribution in [1.29, 1.82) is 0 Å². The third kappa shape index (κ3) is 2.36. The van der Waals surface area contributed by atoms with E-state index in [2.05, 4.69) is 0 Å². The number of ether oxygens (including phenoxy) is 1.